The van der Waals surface area contributed by atoms with Crippen molar-refractivity contribution >= 4 is 28.8 Å². The Balaban J connectivity index is 1.37. The smallest absolute Gasteiger partial charge is 0.0740 e. The second-order valence-corrected chi connectivity index (χ2v) is 15.0. The average Bonchev–Trinajstić information content (AvgIpc) is 3.63. The van der Waals surface area contributed by atoms with Gasteiger partial charge in [0.15, 0.2) is 0 Å². The van der Waals surface area contributed by atoms with E-state index in [9.17, 15) is 0 Å². The van der Waals surface area contributed by atoms with Gasteiger partial charge in [0, 0.05) is 34.4 Å². The maximum absolute atomic E-state index is 3.84. The Morgan fingerprint density at radius 2 is 0.963 bits per heavy atom. The highest BCUT2D eigenvalue weighted by atomic mass is 15.1. The number of hydrogen-bond donors (Lipinski definition) is 1. The van der Waals surface area contributed by atoms with Gasteiger partial charge in [0.25, 0.3) is 0 Å². The zero-order valence-electron chi connectivity index (χ0n) is 30.5. The van der Waals surface area contributed by atoms with Gasteiger partial charge < -0.3 is 10.2 Å². The first kappa shape index (κ1) is 32.0. The van der Waals surface area contributed by atoms with Crippen molar-refractivity contribution in [3.05, 3.63) is 233 Å². The van der Waals surface area contributed by atoms with Crippen molar-refractivity contribution in [1.82, 2.24) is 0 Å². The maximum Gasteiger partial charge on any atom is 0.0740 e. The summed E-state index contributed by atoms with van der Waals surface area (Å²) in [5, 5.41) is 3.84. The van der Waals surface area contributed by atoms with E-state index >= 15 is 0 Å². The van der Waals surface area contributed by atoms with Crippen LogP contribution in [0.2, 0.25) is 0 Å². The average molecular weight is 693 g/mol. The molecule has 0 radical (unpaired) electrons. The number of anilines is 4. The molecule has 3 aliphatic rings. The van der Waals surface area contributed by atoms with Crippen molar-refractivity contribution in [3.8, 4) is 22.3 Å². The summed E-state index contributed by atoms with van der Waals surface area (Å²) in [5.74, 6) is 0. The molecule has 0 unspecified atom stereocenters. The monoisotopic (exact) mass is 692 g/mol. The number of rotatable bonds is 3. The van der Waals surface area contributed by atoms with Gasteiger partial charge in [-0.3, -0.25) is 0 Å². The van der Waals surface area contributed by atoms with Gasteiger partial charge in [-0.2, -0.15) is 0 Å². The first-order valence-corrected chi connectivity index (χ1v) is 18.9. The van der Waals surface area contributed by atoms with Crippen LogP contribution in [0.25, 0.3) is 28.3 Å². The third kappa shape index (κ3) is 4.73. The fraction of sp³-hybridized carbons (Fsp3) is 0.0769. The lowest BCUT2D eigenvalue weighted by Crippen LogP contribution is -2.31. The predicted molar refractivity (Wildman–Crippen MR) is 227 cm³/mol. The van der Waals surface area contributed by atoms with Gasteiger partial charge in [-0.05, 0) is 116 Å². The van der Waals surface area contributed by atoms with Crippen LogP contribution in [-0.4, -0.2) is 0 Å². The van der Waals surface area contributed by atoms with Crippen LogP contribution in [0.5, 0.6) is 0 Å². The van der Waals surface area contributed by atoms with Gasteiger partial charge >= 0.3 is 0 Å². The molecule has 54 heavy (non-hydrogen) atoms. The molecule has 7 aromatic rings. The zero-order chi connectivity index (χ0) is 36.3. The van der Waals surface area contributed by atoms with Crippen molar-refractivity contribution in [2.75, 3.05) is 10.2 Å². The van der Waals surface area contributed by atoms with E-state index in [1.165, 1.54) is 61.2 Å². The number of allylic oxidation sites excluding steroid dienone is 4. The van der Waals surface area contributed by atoms with Gasteiger partial charge in [0.2, 0.25) is 0 Å². The molecule has 7 aromatic carbocycles. The number of para-hydroxylation sites is 2. The molecule has 0 saturated heterocycles. The fourth-order valence-electron chi connectivity index (χ4n) is 9.37. The molecular weight excluding hydrogens is 653 g/mol. The lowest BCUT2D eigenvalue weighted by atomic mass is 9.65. The Labute approximate surface area is 318 Å². The lowest BCUT2D eigenvalue weighted by Gasteiger charge is -2.38. The molecule has 0 bridgehead atoms. The van der Waals surface area contributed by atoms with Gasteiger partial charge in [0.05, 0.1) is 5.41 Å². The molecule has 0 aromatic heterocycles. The second-order valence-electron chi connectivity index (χ2n) is 15.0. The normalized spacial score (nSPS) is 16.9. The van der Waals surface area contributed by atoms with Gasteiger partial charge in [0.1, 0.15) is 0 Å². The Kier molecular flexibility index (Phi) is 7.42. The Morgan fingerprint density at radius 1 is 0.407 bits per heavy atom. The standard InChI is InChI=1S/C52H40N2/c1-51(2)44-27-15-12-26-42(44)43-34-49-50(35-48(43)51)53-32-18-4-3-7-19-36-30-31-39(54(37-20-8-5-9-21-37)38-22-10-6-11-23-38)33-47(36)52(49)45-28-16-13-24-40(45)41-25-14-17-29-46(41)52/h3-35,53H,1-2H3/b4-3-,19-7-,32-18+. The van der Waals surface area contributed by atoms with Crippen molar-refractivity contribution in [3.63, 3.8) is 0 Å². The van der Waals surface area contributed by atoms with Crippen LogP contribution in [-0.2, 0) is 10.8 Å². The summed E-state index contributed by atoms with van der Waals surface area (Å²) in [6.07, 6.45) is 12.8. The highest BCUT2D eigenvalue weighted by Gasteiger charge is 2.49. The van der Waals surface area contributed by atoms with Crippen LogP contribution in [0.4, 0.5) is 22.7 Å². The Hall–Kier alpha value is -6.64. The topological polar surface area (TPSA) is 15.3 Å². The summed E-state index contributed by atoms with van der Waals surface area (Å²) < 4.78 is 0. The van der Waals surface area contributed by atoms with E-state index in [0.717, 1.165) is 22.7 Å². The second kappa shape index (κ2) is 12.5. The van der Waals surface area contributed by atoms with Gasteiger partial charge in [-0.1, -0.05) is 153 Å². The van der Waals surface area contributed by atoms with E-state index in [-0.39, 0.29) is 5.41 Å². The third-order valence-corrected chi connectivity index (χ3v) is 11.7. The van der Waals surface area contributed by atoms with E-state index < -0.39 is 5.41 Å². The Morgan fingerprint density at radius 3 is 1.61 bits per heavy atom. The molecule has 1 aliphatic heterocycles. The van der Waals surface area contributed by atoms with Gasteiger partial charge in [-0.15, -0.1) is 0 Å². The fourth-order valence-corrected chi connectivity index (χ4v) is 9.37. The first-order valence-electron chi connectivity index (χ1n) is 18.9. The van der Waals surface area contributed by atoms with Crippen LogP contribution in [0.1, 0.15) is 52.8 Å². The summed E-state index contributed by atoms with van der Waals surface area (Å²) in [5.41, 5.74) is 17.7. The van der Waals surface area contributed by atoms with E-state index in [1.807, 2.05) is 0 Å². The summed E-state index contributed by atoms with van der Waals surface area (Å²) in [4.78, 5) is 2.38. The minimum absolute atomic E-state index is 0.145. The number of nitrogens with zero attached hydrogens (tertiary/aromatic N) is 1. The molecule has 1 heterocycles. The van der Waals surface area contributed by atoms with Crippen LogP contribution < -0.4 is 10.2 Å². The number of fused-ring (bicyclic) bond motifs is 12. The molecule has 1 spiro atoms. The van der Waals surface area contributed by atoms with Crippen molar-refractivity contribution in [2.24, 2.45) is 0 Å². The van der Waals surface area contributed by atoms with Crippen molar-refractivity contribution in [1.29, 1.82) is 0 Å². The van der Waals surface area contributed by atoms with Crippen LogP contribution >= 0.6 is 0 Å². The number of benzene rings is 7. The molecule has 2 aliphatic carbocycles. The SMILES string of the molecule is CC1(C)c2ccccc2-c2cc3c(cc21)N/C=C/C=C\C=C/c1ccc(N(c2ccccc2)c2ccccc2)cc1C31c2ccccc2-c2ccccc21. The predicted octanol–water partition coefficient (Wildman–Crippen LogP) is 13.3. The molecular formula is C52H40N2. The summed E-state index contributed by atoms with van der Waals surface area (Å²) in [6, 6.07) is 60.5. The highest BCUT2D eigenvalue weighted by Crippen LogP contribution is 2.61. The number of hydrogen-bond acceptors (Lipinski definition) is 2. The van der Waals surface area contributed by atoms with Crippen LogP contribution in [0.3, 0.4) is 0 Å². The molecule has 10 rings (SSSR count). The van der Waals surface area contributed by atoms with E-state index in [0.29, 0.717) is 0 Å². The summed E-state index contributed by atoms with van der Waals surface area (Å²) in [6.45, 7) is 4.73. The molecule has 0 atom stereocenters. The molecule has 0 amide bonds. The summed E-state index contributed by atoms with van der Waals surface area (Å²) in [7, 11) is 0. The van der Waals surface area contributed by atoms with Crippen LogP contribution in [0, 0.1) is 0 Å². The summed E-state index contributed by atoms with van der Waals surface area (Å²) >= 11 is 0. The lowest BCUT2D eigenvalue weighted by molar-refractivity contribution is 0.659. The van der Waals surface area contributed by atoms with Crippen molar-refractivity contribution in [2.45, 2.75) is 24.7 Å². The third-order valence-electron chi connectivity index (χ3n) is 11.7. The first-order chi connectivity index (χ1) is 26.6. The Bertz CT molecular complexity index is 2580. The molecule has 258 valence electrons. The minimum atomic E-state index is -0.669. The maximum atomic E-state index is 3.84. The molecule has 2 nitrogen and oxygen atoms in total. The van der Waals surface area contributed by atoms with Crippen molar-refractivity contribution < 1.29 is 0 Å². The van der Waals surface area contributed by atoms with Gasteiger partial charge in [-0.25, -0.2) is 0 Å². The molecule has 0 saturated carbocycles. The zero-order valence-corrected chi connectivity index (χ0v) is 30.5. The molecule has 2 heteroatoms. The highest BCUT2D eigenvalue weighted by molar-refractivity contribution is 5.93. The van der Waals surface area contributed by atoms with E-state index in [4.69, 9.17) is 0 Å². The minimum Gasteiger partial charge on any atom is -0.361 e. The molecule has 1 N–H and O–H groups in total. The quantitative estimate of drug-likeness (QED) is 0.198. The van der Waals surface area contributed by atoms with Crippen LogP contribution in [0.15, 0.2) is 194 Å². The largest absolute Gasteiger partial charge is 0.361 e. The van der Waals surface area contributed by atoms with E-state index in [2.05, 4.69) is 224 Å². The molecule has 0 fully saturated rings. The number of nitrogens with one attached hydrogen (secondary N) is 1. The van der Waals surface area contributed by atoms with E-state index in [1.54, 1.807) is 0 Å².